The molecule has 0 fully saturated rings. The fourth-order valence-electron chi connectivity index (χ4n) is 3.86. The third kappa shape index (κ3) is 7.97. The standard InChI is InChI=1S/C25H45/c1-11-15-25(19(7)12-2)22(10)17-23(13-3)24(14-4)21(9)16-20(8)18(5)6/h14,16,18,20,22-23H,2,11-13,15,17H2,1,3-10H3/q-1/b21-16?,24-14?,25-19+. The minimum absolute atomic E-state index is 0.633. The fraction of sp³-hybridized carbons (Fsp3) is 0.720. The summed E-state index contributed by atoms with van der Waals surface area (Å²) < 4.78 is 0. The molecule has 0 N–H and O–H groups in total. The minimum atomic E-state index is 0.633. The van der Waals surface area contributed by atoms with Crippen molar-refractivity contribution in [2.75, 3.05) is 0 Å². The van der Waals surface area contributed by atoms with E-state index in [0.717, 1.165) is 6.42 Å². The van der Waals surface area contributed by atoms with E-state index in [1.165, 1.54) is 36.8 Å². The molecule has 0 bridgehead atoms. The summed E-state index contributed by atoms with van der Waals surface area (Å²) in [4.78, 5) is 0. The molecule has 0 heteroatoms. The van der Waals surface area contributed by atoms with Crippen LogP contribution in [0.3, 0.4) is 0 Å². The van der Waals surface area contributed by atoms with E-state index in [2.05, 4.69) is 81.4 Å². The largest absolute Gasteiger partial charge is 0.339 e. The Morgan fingerprint density at radius 3 is 2.04 bits per heavy atom. The molecule has 0 heterocycles. The van der Waals surface area contributed by atoms with Gasteiger partial charge in [-0.15, -0.1) is 5.57 Å². The molecule has 0 aromatic carbocycles. The Morgan fingerprint density at radius 2 is 1.64 bits per heavy atom. The molecule has 0 saturated carbocycles. The summed E-state index contributed by atoms with van der Waals surface area (Å²) in [5.74, 6) is 2.64. The van der Waals surface area contributed by atoms with E-state index in [1.807, 2.05) is 0 Å². The van der Waals surface area contributed by atoms with E-state index >= 15 is 0 Å². The van der Waals surface area contributed by atoms with Crippen LogP contribution in [0.4, 0.5) is 0 Å². The lowest BCUT2D eigenvalue weighted by Crippen LogP contribution is -2.13. The molecule has 0 amide bonds. The first-order chi connectivity index (χ1) is 11.7. The van der Waals surface area contributed by atoms with Crippen molar-refractivity contribution in [1.29, 1.82) is 0 Å². The fourth-order valence-corrected chi connectivity index (χ4v) is 3.86. The highest BCUT2D eigenvalue weighted by Crippen LogP contribution is 2.34. The molecule has 0 nitrogen and oxygen atoms in total. The van der Waals surface area contributed by atoms with Crippen molar-refractivity contribution in [3.05, 3.63) is 41.4 Å². The van der Waals surface area contributed by atoms with Gasteiger partial charge in [-0.2, -0.15) is 6.42 Å². The van der Waals surface area contributed by atoms with Crippen molar-refractivity contribution in [2.45, 2.75) is 94.4 Å². The van der Waals surface area contributed by atoms with E-state index in [1.54, 1.807) is 11.1 Å². The summed E-state index contributed by atoms with van der Waals surface area (Å²) in [6, 6.07) is 0. The van der Waals surface area contributed by atoms with Crippen LogP contribution in [0.1, 0.15) is 94.4 Å². The second-order valence-corrected chi connectivity index (χ2v) is 8.24. The molecule has 0 radical (unpaired) electrons. The van der Waals surface area contributed by atoms with Crippen LogP contribution < -0.4 is 0 Å². The highest BCUT2D eigenvalue weighted by atomic mass is 14.3. The Balaban J connectivity index is 5.42. The molecule has 0 aliphatic carbocycles. The van der Waals surface area contributed by atoms with Crippen molar-refractivity contribution in [3.8, 4) is 0 Å². The molecule has 146 valence electrons. The zero-order chi connectivity index (χ0) is 19.6. The molecular weight excluding hydrogens is 300 g/mol. The summed E-state index contributed by atoms with van der Waals surface area (Å²) in [5.41, 5.74) is 6.21. The van der Waals surface area contributed by atoms with Crippen molar-refractivity contribution < 1.29 is 0 Å². The average molecular weight is 346 g/mol. The third-order valence-electron chi connectivity index (χ3n) is 5.94. The van der Waals surface area contributed by atoms with Crippen molar-refractivity contribution in [1.82, 2.24) is 0 Å². The average Bonchev–Trinajstić information content (AvgIpc) is 2.58. The lowest BCUT2D eigenvalue weighted by Gasteiger charge is -2.27. The molecule has 0 rings (SSSR count). The maximum absolute atomic E-state index is 4.12. The SMILES string of the molecule is [CH2-]C/C(C)=C(\CCC)C(C)CC(CC)C(=CC)C(C)=CC(C)C(C)C. The lowest BCUT2D eigenvalue weighted by atomic mass is 9.78. The second kappa shape index (κ2) is 12.6. The predicted octanol–water partition coefficient (Wildman–Crippen LogP) is 8.56. The van der Waals surface area contributed by atoms with Crippen LogP contribution in [0.2, 0.25) is 0 Å². The molecule has 3 unspecified atom stereocenters. The van der Waals surface area contributed by atoms with Crippen LogP contribution in [0.15, 0.2) is 34.4 Å². The van der Waals surface area contributed by atoms with Crippen LogP contribution in [0.5, 0.6) is 0 Å². The Labute approximate surface area is 159 Å². The van der Waals surface area contributed by atoms with Gasteiger partial charge in [0.25, 0.3) is 0 Å². The topological polar surface area (TPSA) is 0 Å². The Bertz CT molecular complexity index is 458. The second-order valence-electron chi connectivity index (χ2n) is 8.24. The number of allylic oxidation sites excluding steroid dienone is 6. The number of hydrogen-bond donors (Lipinski definition) is 0. The van der Waals surface area contributed by atoms with Crippen LogP contribution >= 0.6 is 0 Å². The maximum Gasteiger partial charge on any atom is -0.0160 e. The Hall–Kier alpha value is -0.780. The summed E-state index contributed by atoms with van der Waals surface area (Å²) in [5, 5.41) is 0. The molecule has 25 heavy (non-hydrogen) atoms. The van der Waals surface area contributed by atoms with E-state index in [4.69, 9.17) is 0 Å². The van der Waals surface area contributed by atoms with E-state index in [9.17, 15) is 0 Å². The zero-order valence-corrected chi connectivity index (χ0v) is 18.7. The van der Waals surface area contributed by atoms with Gasteiger partial charge in [0, 0.05) is 0 Å². The van der Waals surface area contributed by atoms with Gasteiger partial charge in [0.1, 0.15) is 0 Å². The molecule has 0 aliphatic heterocycles. The van der Waals surface area contributed by atoms with Crippen LogP contribution in [0.25, 0.3) is 0 Å². The van der Waals surface area contributed by atoms with Gasteiger partial charge in [-0.05, 0) is 69.3 Å². The van der Waals surface area contributed by atoms with Gasteiger partial charge in [-0.1, -0.05) is 71.3 Å². The van der Waals surface area contributed by atoms with E-state index in [-0.39, 0.29) is 0 Å². The summed E-state index contributed by atoms with van der Waals surface area (Å²) in [7, 11) is 0. The van der Waals surface area contributed by atoms with Crippen LogP contribution in [0, 0.1) is 30.6 Å². The molecular formula is C25H45-. The highest BCUT2D eigenvalue weighted by molar-refractivity contribution is 5.32. The Morgan fingerprint density at radius 1 is 1.04 bits per heavy atom. The monoisotopic (exact) mass is 345 g/mol. The van der Waals surface area contributed by atoms with Gasteiger partial charge in [-0.3, -0.25) is 0 Å². The minimum Gasteiger partial charge on any atom is -0.339 e. The zero-order valence-electron chi connectivity index (χ0n) is 18.7. The van der Waals surface area contributed by atoms with Gasteiger partial charge in [0.05, 0.1) is 0 Å². The Kier molecular flexibility index (Phi) is 12.2. The number of rotatable bonds is 11. The third-order valence-corrected chi connectivity index (χ3v) is 5.94. The predicted molar refractivity (Wildman–Crippen MR) is 117 cm³/mol. The first kappa shape index (κ1) is 24.2. The molecule has 0 saturated heterocycles. The maximum atomic E-state index is 4.12. The molecule has 0 spiro atoms. The molecule has 0 aromatic heterocycles. The first-order valence-corrected chi connectivity index (χ1v) is 10.6. The van der Waals surface area contributed by atoms with Crippen molar-refractivity contribution in [3.63, 3.8) is 0 Å². The van der Waals surface area contributed by atoms with Crippen LogP contribution in [-0.2, 0) is 0 Å². The smallest absolute Gasteiger partial charge is 0.0160 e. The first-order valence-electron chi connectivity index (χ1n) is 10.6. The van der Waals surface area contributed by atoms with Gasteiger partial charge in [0.2, 0.25) is 0 Å². The normalized spacial score (nSPS) is 18.2. The van der Waals surface area contributed by atoms with Gasteiger partial charge >= 0.3 is 0 Å². The summed E-state index contributed by atoms with van der Waals surface area (Å²) >= 11 is 0. The molecule has 0 aliphatic rings. The summed E-state index contributed by atoms with van der Waals surface area (Å²) in [6.07, 6.45) is 10.7. The lowest BCUT2D eigenvalue weighted by molar-refractivity contribution is 0.450. The van der Waals surface area contributed by atoms with Gasteiger partial charge < -0.3 is 6.92 Å². The summed E-state index contributed by atoms with van der Waals surface area (Å²) in [6.45, 7) is 24.9. The number of hydrogen-bond acceptors (Lipinski definition) is 0. The van der Waals surface area contributed by atoms with E-state index < -0.39 is 0 Å². The molecule has 3 atom stereocenters. The quantitative estimate of drug-likeness (QED) is 0.200. The van der Waals surface area contributed by atoms with Crippen molar-refractivity contribution >= 4 is 0 Å². The van der Waals surface area contributed by atoms with Crippen molar-refractivity contribution in [2.24, 2.45) is 23.7 Å². The highest BCUT2D eigenvalue weighted by Gasteiger charge is 2.20. The molecule has 0 aromatic rings. The van der Waals surface area contributed by atoms with Crippen LogP contribution in [-0.4, -0.2) is 0 Å². The van der Waals surface area contributed by atoms with Gasteiger partial charge in [0.15, 0.2) is 0 Å². The van der Waals surface area contributed by atoms with Gasteiger partial charge in [-0.25, -0.2) is 0 Å². The van der Waals surface area contributed by atoms with E-state index in [0.29, 0.717) is 23.7 Å².